The number of hydrogen-bond donors (Lipinski definition) is 1. The summed E-state index contributed by atoms with van der Waals surface area (Å²) < 4.78 is 5.70. The van der Waals surface area contributed by atoms with Crippen molar-refractivity contribution in [2.45, 2.75) is 19.4 Å². The zero-order valence-electron chi connectivity index (χ0n) is 14.8. The first-order valence-electron chi connectivity index (χ1n) is 8.48. The number of thiocarbonyl (C=S) groups is 1. The Morgan fingerprint density at radius 2 is 2.11 bits per heavy atom. The lowest BCUT2D eigenvalue weighted by molar-refractivity contribution is 0.0606. The Balaban J connectivity index is 1.62. The number of nitrogens with zero attached hydrogens (tertiary/aromatic N) is 1. The van der Waals surface area contributed by atoms with E-state index in [0.717, 1.165) is 27.9 Å². The van der Waals surface area contributed by atoms with E-state index in [2.05, 4.69) is 35.3 Å². The van der Waals surface area contributed by atoms with Crippen molar-refractivity contribution in [1.29, 1.82) is 0 Å². The largest absolute Gasteiger partial charge is 0.465 e. The normalized spacial score (nSPS) is 15.7. The summed E-state index contributed by atoms with van der Waals surface area (Å²) in [6.45, 7) is 2.17. The SMILES string of the molecule is COC(=O)c1sc2cc(NC(=S)N3c4ccccc4C[C@@H]3C)ccc2c1Cl. The number of carbonyl (C=O) groups excluding carboxylic acids is 1. The van der Waals surface area contributed by atoms with E-state index in [1.165, 1.54) is 24.0 Å². The molecule has 1 N–H and O–H groups in total. The first-order valence-corrected chi connectivity index (χ1v) is 10.1. The van der Waals surface area contributed by atoms with Gasteiger partial charge in [0.25, 0.3) is 0 Å². The van der Waals surface area contributed by atoms with Gasteiger partial charge in [-0.1, -0.05) is 29.8 Å². The van der Waals surface area contributed by atoms with Crippen molar-refractivity contribution in [2.24, 2.45) is 0 Å². The average Bonchev–Trinajstić information content (AvgIpc) is 3.17. The highest BCUT2D eigenvalue weighted by atomic mass is 35.5. The Kier molecular flexibility index (Phi) is 4.80. The molecule has 0 bridgehead atoms. The summed E-state index contributed by atoms with van der Waals surface area (Å²) in [5.74, 6) is -0.422. The highest BCUT2D eigenvalue weighted by molar-refractivity contribution is 7.80. The van der Waals surface area contributed by atoms with Crippen LogP contribution in [0.2, 0.25) is 5.02 Å². The summed E-state index contributed by atoms with van der Waals surface area (Å²) >= 11 is 13.3. The summed E-state index contributed by atoms with van der Waals surface area (Å²) in [5, 5.41) is 5.24. The van der Waals surface area contributed by atoms with Gasteiger partial charge in [-0.15, -0.1) is 11.3 Å². The van der Waals surface area contributed by atoms with E-state index in [4.69, 9.17) is 28.6 Å². The molecule has 1 aromatic heterocycles. The second kappa shape index (κ2) is 7.11. The van der Waals surface area contributed by atoms with Gasteiger partial charge in [0, 0.05) is 27.5 Å². The number of thiophene rings is 1. The molecule has 1 atom stereocenters. The molecule has 0 fully saturated rings. The second-order valence-electron chi connectivity index (χ2n) is 6.43. The molecular weight excluding hydrogens is 400 g/mol. The highest BCUT2D eigenvalue weighted by Crippen LogP contribution is 2.37. The molecule has 0 saturated heterocycles. The van der Waals surface area contributed by atoms with Crippen LogP contribution in [-0.2, 0) is 11.2 Å². The summed E-state index contributed by atoms with van der Waals surface area (Å²) in [4.78, 5) is 14.4. The molecule has 4 rings (SSSR count). The zero-order chi connectivity index (χ0) is 19.1. The molecule has 138 valence electrons. The minimum Gasteiger partial charge on any atom is -0.465 e. The standard InChI is InChI=1S/C20H17ClN2O2S2/c1-11-9-12-5-3-4-6-15(12)23(11)20(26)22-13-7-8-14-16(10-13)27-18(17(14)21)19(24)25-2/h3-8,10-11H,9H2,1-2H3,(H,22,26)/t11-/m0/s1. The molecule has 0 amide bonds. The van der Waals surface area contributed by atoms with Gasteiger partial charge in [-0.05, 0) is 55.4 Å². The third-order valence-corrected chi connectivity index (χ3v) is 6.61. The van der Waals surface area contributed by atoms with Crippen LogP contribution in [0.15, 0.2) is 42.5 Å². The van der Waals surface area contributed by atoms with Gasteiger partial charge in [-0.3, -0.25) is 0 Å². The number of carbonyl (C=O) groups is 1. The quantitative estimate of drug-likeness (QED) is 0.442. The van der Waals surface area contributed by atoms with Crippen molar-refractivity contribution in [3.05, 3.63) is 57.9 Å². The Bertz CT molecular complexity index is 1060. The third kappa shape index (κ3) is 3.18. The maximum absolute atomic E-state index is 11.9. The summed E-state index contributed by atoms with van der Waals surface area (Å²) in [7, 11) is 1.35. The van der Waals surface area contributed by atoms with E-state index >= 15 is 0 Å². The molecule has 0 spiro atoms. The van der Waals surface area contributed by atoms with Crippen molar-refractivity contribution >= 4 is 67.7 Å². The number of methoxy groups -OCH3 is 1. The van der Waals surface area contributed by atoms with Gasteiger partial charge in [0.2, 0.25) is 0 Å². The fourth-order valence-corrected chi connectivity index (χ4v) is 5.29. The van der Waals surface area contributed by atoms with E-state index < -0.39 is 5.97 Å². The molecule has 7 heteroatoms. The molecule has 0 unspecified atom stereocenters. The van der Waals surface area contributed by atoms with Crippen LogP contribution in [0.25, 0.3) is 10.1 Å². The van der Waals surface area contributed by atoms with Crippen LogP contribution >= 0.6 is 35.2 Å². The van der Waals surface area contributed by atoms with Crippen LogP contribution in [0.5, 0.6) is 0 Å². The van der Waals surface area contributed by atoms with Gasteiger partial charge >= 0.3 is 5.97 Å². The molecule has 2 heterocycles. The van der Waals surface area contributed by atoms with Gasteiger partial charge in [0.05, 0.1) is 12.1 Å². The maximum atomic E-state index is 11.9. The Morgan fingerprint density at radius 1 is 1.33 bits per heavy atom. The smallest absolute Gasteiger partial charge is 0.349 e. The molecule has 0 radical (unpaired) electrons. The lowest BCUT2D eigenvalue weighted by Gasteiger charge is -2.26. The number of nitrogens with one attached hydrogen (secondary N) is 1. The minimum absolute atomic E-state index is 0.299. The Labute approximate surface area is 171 Å². The molecule has 4 nitrogen and oxygen atoms in total. The number of rotatable bonds is 2. The average molecular weight is 417 g/mol. The van der Waals surface area contributed by atoms with Crippen molar-refractivity contribution in [1.82, 2.24) is 0 Å². The van der Waals surface area contributed by atoms with Gasteiger partial charge < -0.3 is 15.0 Å². The van der Waals surface area contributed by atoms with E-state index in [0.29, 0.717) is 21.1 Å². The van der Waals surface area contributed by atoms with Gasteiger partial charge in [-0.25, -0.2) is 4.79 Å². The molecule has 2 aromatic carbocycles. The highest BCUT2D eigenvalue weighted by Gasteiger charge is 2.28. The third-order valence-electron chi connectivity index (χ3n) is 4.68. The predicted molar refractivity (Wildman–Crippen MR) is 116 cm³/mol. The van der Waals surface area contributed by atoms with Gasteiger partial charge in [0.15, 0.2) is 5.11 Å². The fourth-order valence-electron chi connectivity index (χ4n) is 3.43. The number of fused-ring (bicyclic) bond motifs is 2. The van der Waals surface area contributed by atoms with Crippen LogP contribution < -0.4 is 10.2 Å². The second-order valence-corrected chi connectivity index (χ2v) is 8.25. The summed E-state index contributed by atoms with van der Waals surface area (Å²) in [5.41, 5.74) is 3.31. The monoisotopic (exact) mass is 416 g/mol. The van der Waals surface area contributed by atoms with Crippen LogP contribution in [-0.4, -0.2) is 24.2 Å². The summed E-state index contributed by atoms with van der Waals surface area (Å²) in [6.07, 6.45) is 0.972. The summed E-state index contributed by atoms with van der Waals surface area (Å²) in [6, 6.07) is 14.4. The predicted octanol–water partition coefficient (Wildman–Crippen LogP) is 5.49. The van der Waals surface area contributed by atoms with Crippen molar-refractivity contribution in [3.63, 3.8) is 0 Å². The number of benzene rings is 2. The van der Waals surface area contributed by atoms with E-state index in [-0.39, 0.29) is 0 Å². The fraction of sp³-hybridized carbons (Fsp3) is 0.200. The van der Waals surface area contributed by atoms with E-state index in [1.807, 2.05) is 24.3 Å². The maximum Gasteiger partial charge on any atom is 0.349 e. The lowest BCUT2D eigenvalue weighted by Crippen LogP contribution is -2.38. The number of halogens is 1. The van der Waals surface area contributed by atoms with Crippen molar-refractivity contribution < 1.29 is 9.53 Å². The first-order chi connectivity index (χ1) is 13.0. The minimum atomic E-state index is -0.422. The van der Waals surface area contributed by atoms with Crippen molar-refractivity contribution in [3.8, 4) is 0 Å². The molecule has 27 heavy (non-hydrogen) atoms. The zero-order valence-corrected chi connectivity index (χ0v) is 17.2. The Morgan fingerprint density at radius 3 is 2.89 bits per heavy atom. The topological polar surface area (TPSA) is 41.6 Å². The number of anilines is 2. The Hall–Kier alpha value is -2.15. The van der Waals surface area contributed by atoms with E-state index in [1.54, 1.807) is 0 Å². The van der Waals surface area contributed by atoms with Gasteiger partial charge in [0.1, 0.15) is 4.88 Å². The molecule has 1 aliphatic rings. The van der Waals surface area contributed by atoms with Gasteiger partial charge in [-0.2, -0.15) is 0 Å². The lowest BCUT2D eigenvalue weighted by atomic mass is 10.1. The van der Waals surface area contributed by atoms with Crippen molar-refractivity contribution in [2.75, 3.05) is 17.3 Å². The number of ether oxygens (including phenoxy) is 1. The van der Waals surface area contributed by atoms with Crippen LogP contribution in [0.4, 0.5) is 11.4 Å². The molecule has 0 saturated carbocycles. The first kappa shape index (κ1) is 18.2. The molecular formula is C20H17ClN2O2S2. The number of hydrogen-bond acceptors (Lipinski definition) is 4. The van der Waals surface area contributed by atoms with Crippen LogP contribution in [0.3, 0.4) is 0 Å². The molecule has 0 aliphatic carbocycles. The van der Waals surface area contributed by atoms with Crippen LogP contribution in [0.1, 0.15) is 22.2 Å². The number of esters is 1. The number of para-hydroxylation sites is 1. The van der Waals surface area contributed by atoms with Crippen LogP contribution in [0, 0.1) is 0 Å². The molecule has 3 aromatic rings. The van der Waals surface area contributed by atoms with E-state index in [9.17, 15) is 4.79 Å². The molecule has 1 aliphatic heterocycles.